The summed E-state index contributed by atoms with van der Waals surface area (Å²) in [5, 5.41) is 3.19. The van der Waals surface area contributed by atoms with Gasteiger partial charge in [0.25, 0.3) is 0 Å². The third-order valence-corrected chi connectivity index (χ3v) is 4.49. The van der Waals surface area contributed by atoms with E-state index in [-0.39, 0.29) is 40.7 Å². The van der Waals surface area contributed by atoms with E-state index in [9.17, 15) is 18.4 Å². The molecular formula is C20H22ClF2NO5. The molecule has 0 bridgehead atoms. The zero-order chi connectivity index (χ0) is 21.7. The van der Waals surface area contributed by atoms with Crippen LogP contribution in [0, 0.1) is 0 Å². The Hall–Kier alpha value is -2.61. The highest BCUT2D eigenvalue weighted by Gasteiger charge is 2.39. The fraction of sp³-hybridized carbons (Fsp3) is 0.400. The highest BCUT2D eigenvalue weighted by molar-refractivity contribution is 6.30. The lowest BCUT2D eigenvalue weighted by Gasteiger charge is -2.31. The van der Waals surface area contributed by atoms with Gasteiger partial charge >= 0.3 is 18.6 Å². The lowest BCUT2D eigenvalue weighted by atomic mass is 9.80. The Morgan fingerprint density at radius 2 is 1.59 bits per heavy atom. The second-order valence-electron chi connectivity index (χ2n) is 6.14. The van der Waals surface area contributed by atoms with Crippen LogP contribution in [0.15, 0.2) is 40.7 Å². The molecule has 1 aromatic carbocycles. The second-order valence-corrected chi connectivity index (χ2v) is 6.57. The largest absolute Gasteiger partial charge is 0.463 e. The van der Waals surface area contributed by atoms with Crippen LogP contribution >= 0.6 is 11.6 Å². The first-order valence-electron chi connectivity index (χ1n) is 8.98. The molecule has 0 radical (unpaired) electrons. The van der Waals surface area contributed by atoms with Gasteiger partial charge in [-0.25, -0.2) is 9.59 Å². The molecule has 0 spiro atoms. The van der Waals surface area contributed by atoms with E-state index in [0.29, 0.717) is 11.4 Å². The van der Waals surface area contributed by atoms with Crippen molar-refractivity contribution in [2.75, 3.05) is 13.2 Å². The molecule has 6 nitrogen and oxygen atoms in total. The number of ether oxygens (including phenoxy) is 3. The topological polar surface area (TPSA) is 73.9 Å². The number of carbonyl (C=O) groups excluding carboxylic acids is 2. The van der Waals surface area contributed by atoms with Crippen molar-refractivity contribution in [3.63, 3.8) is 0 Å². The van der Waals surface area contributed by atoms with Crippen molar-refractivity contribution < 1.29 is 32.6 Å². The van der Waals surface area contributed by atoms with Gasteiger partial charge in [-0.3, -0.25) is 0 Å². The highest BCUT2D eigenvalue weighted by atomic mass is 35.5. The van der Waals surface area contributed by atoms with Crippen LogP contribution in [0.4, 0.5) is 8.78 Å². The summed E-state index contributed by atoms with van der Waals surface area (Å²) in [7, 11) is 0. The minimum Gasteiger partial charge on any atom is -0.463 e. The molecule has 0 atom stereocenters. The average molecular weight is 430 g/mol. The number of esters is 2. The van der Waals surface area contributed by atoms with E-state index < -0.39 is 24.5 Å². The first-order valence-corrected chi connectivity index (χ1v) is 9.36. The molecule has 1 N–H and O–H groups in total. The highest BCUT2D eigenvalue weighted by Crippen LogP contribution is 2.44. The van der Waals surface area contributed by atoms with Gasteiger partial charge < -0.3 is 19.5 Å². The number of hydrogen-bond donors (Lipinski definition) is 1. The molecule has 158 valence electrons. The summed E-state index contributed by atoms with van der Waals surface area (Å²) in [5.74, 6) is -2.66. The van der Waals surface area contributed by atoms with E-state index >= 15 is 0 Å². The minimum absolute atomic E-state index is 0.0851. The Morgan fingerprint density at radius 3 is 2.03 bits per heavy atom. The van der Waals surface area contributed by atoms with E-state index in [1.54, 1.807) is 27.7 Å². The van der Waals surface area contributed by atoms with Crippen LogP contribution in [0.25, 0.3) is 0 Å². The Bertz CT molecular complexity index is 826. The molecule has 0 amide bonds. The quantitative estimate of drug-likeness (QED) is 0.651. The molecule has 0 saturated carbocycles. The van der Waals surface area contributed by atoms with Crippen LogP contribution < -0.4 is 10.1 Å². The first kappa shape index (κ1) is 22.7. The third kappa shape index (κ3) is 5.06. The van der Waals surface area contributed by atoms with Crippen LogP contribution in [0.1, 0.15) is 39.2 Å². The number of alkyl halides is 2. The minimum atomic E-state index is -3.11. The standard InChI is InChI=1S/C20H22ClF2NO5/c1-5-27-18(25)15-10(3)24-11(4)16(19(26)28-6-2)17(15)13-9-12(21)7-8-14(13)29-20(22)23/h7-9,17,20,24H,5-6H2,1-4H3. The number of rotatable bonds is 7. The summed E-state index contributed by atoms with van der Waals surface area (Å²) in [5.41, 5.74) is 1.14. The zero-order valence-corrected chi connectivity index (χ0v) is 17.2. The van der Waals surface area contributed by atoms with Crippen molar-refractivity contribution in [1.29, 1.82) is 0 Å². The van der Waals surface area contributed by atoms with Gasteiger partial charge in [-0.2, -0.15) is 8.78 Å². The molecule has 0 unspecified atom stereocenters. The molecule has 1 heterocycles. The molecule has 0 saturated heterocycles. The molecule has 29 heavy (non-hydrogen) atoms. The summed E-state index contributed by atoms with van der Waals surface area (Å²) in [6.45, 7) is 3.61. The molecule has 0 aromatic heterocycles. The number of carbonyl (C=O) groups is 2. The van der Waals surface area contributed by atoms with E-state index in [1.165, 1.54) is 18.2 Å². The molecule has 0 aliphatic carbocycles. The van der Waals surface area contributed by atoms with Gasteiger partial charge in [0.1, 0.15) is 5.75 Å². The zero-order valence-electron chi connectivity index (χ0n) is 16.5. The van der Waals surface area contributed by atoms with Crippen LogP contribution in [-0.2, 0) is 19.1 Å². The molecule has 1 aliphatic rings. The monoisotopic (exact) mass is 429 g/mol. The van der Waals surface area contributed by atoms with Crippen molar-refractivity contribution >= 4 is 23.5 Å². The number of hydrogen-bond acceptors (Lipinski definition) is 6. The number of benzene rings is 1. The summed E-state index contributed by atoms with van der Waals surface area (Å²) in [6.07, 6.45) is 0. The predicted octanol–water partition coefficient (Wildman–Crippen LogP) is 4.30. The summed E-state index contributed by atoms with van der Waals surface area (Å²) >= 11 is 6.10. The first-order chi connectivity index (χ1) is 13.7. The summed E-state index contributed by atoms with van der Waals surface area (Å²) < 4.78 is 40.9. The molecular weight excluding hydrogens is 408 g/mol. The fourth-order valence-corrected chi connectivity index (χ4v) is 3.39. The van der Waals surface area contributed by atoms with Crippen molar-refractivity contribution in [2.24, 2.45) is 0 Å². The van der Waals surface area contributed by atoms with Crippen LogP contribution in [0.5, 0.6) is 5.75 Å². The second kappa shape index (κ2) is 9.73. The Kier molecular flexibility index (Phi) is 7.61. The summed E-state index contributed by atoms with van der Waals surface area (Å²) in [4.78, 5) is 25.5. The van der Waals surface area contributed by atoms with Crippen LogP contribution in [0.2, 0.25) is 5.02 Å². The predicted molar refractivity (Wildman–Crippen MR) is 103 cm³/mol. The lowest BCUT2D eigenvalue weighted by Crippen LogP contribution is -2.32. The van der Waals surface area contributed by atoms with Gasteiger partial charge in [-0.15, -0.1) is 0 Å². The lowest BCUT2D eigenvalue weighted by molar-refractivity contribution is -0.139. The summed E-state index contributed by atoms with van der Waals surface area (Å²) in [6, 6.07) is 4.03. The fourth-order valence-electron chi connectivity index (χ4n) is 3.21. The van der Waals surface area contributed by atoms with E-state index in [1.807, 2.05) is 0 Å². The number of halogens is 3. The van der Waals surface area contributed by atoms with E-state index in [0.717, 1.165) is 0 Å². The number of nitrogens with one attached hydrogen (secondary N) is 1. The maximum absolute atomic E-state index is 13.0. The van der Waals surface area contributed by atoms with Crippen LogP contribution in [0.3, 0.4) is 0 Å². The molecule has 2 rings (SSSR count). The van der Waals surface area contributed by atoms with Gasteiger partial charge in [-0.05, 0) is 45.9 Å². The van der Waals surface area contributed by atoms with E-state index in [2.05, 4.69) is 10.1 Å². The van der Waals surface area contributed by atoms with Gasteiger partial charge in [0, 0.05) is 22.0 Å². The van der Waals surface area contributed by atoms with Gasteiger partial charge in [0.2, 0.25) is 0 Å². The van der Waals surface area contributed by atoms with Crippen molar-refractivity contribution in [2.45, 2.75) is 40.2 Å². The van der Waals surface area contributed by atoms with Crippen molar-refractivity contribution in [3.05, 3.63) is 51.3 Å². The number of allylic oxidation sites excluding steroid dienone is 2. The normalized spacial score (nSPS) is 14.8. The van der Waals surface area contributed by atoms with Crippen LogP contribution in [-0.4, -0.2) is 31.8 Å². The Labute approximate surface area is 172 Å². The molecule has 0 fully saturated rings. The SMILES string of the molecule is CCOC(=O)C1=C(C)NC(C)=C(C(=O)OCC)C1c1cc(Cl)ccc1OC(F)F. The Balaban J connectivity index is 2.76. The number of dihydropyridines is 1. The molecule has 1 aliphatic heterocycles. The van der Waals surface area contributed by atoms with Crippen molar-refractivity contribution in [1.82, 2.24) is 5.32 Å². The van der Waals surface area contributed by atoms with Gasteiger partial charge in [-0.1, -0.05) is 11.6 Å². The third-order valence-electron chi connectivity index (χ3n) is 4.25. The van der Waals surface area contributed by atoms with Gasteiger partial charge in [0.05, 0.1) is 30.3 Å². The molecule has 1 aromatic rings. The smallest absolute Gasteiger partial charge is 0.387 e. The Morgan fingerprint density at radius 1 is 1.07 bits per heavy atom. The van der Waals surface area contributed by atoms with E-state index in [4.69, 9.17) is 21.1 Å². The average Bonchev–Trinajstić information content (AvgIpc) is 2.62. The van der Waals surface area contributed by atoms with Crippen molar-refractivity contribution in [3.8, 4) is 5.75 Å². The van der Waals surface area contributed by atoms with Gasteiger partial charge in [0.15, 0.2) is 0 Å². The maximum Gasteiger partial charge on any atom is 0.387 e. The maximum atomic E-state index is 13.0. The molecule has 9 heteroatoms.